The van der Waals surface area contributed by atoms with Crippen LogP contribution in [0.5, 0.6) is 5.75 Å². The zero-order valence-electron chi connectivity index (χ0n) is 18.1. The minimum absolute atomic E-state index is 0.145. The van der Waals surface area contributed by atoms with Gasteiger partial charge in [-0.1, -0.05) is 55.3 Å². The minimum Gasteiger partial charge on any atom is -0.496 e. The van der Waals surface area contributed by atoms with E-state index >= 15 is 0 Å². The van der Waals surface area contributed by atoms with E-state index in [0.29, 0.717) is 34.7 Å². The summed E-state index contributed by atoms with van der Waals surface area (Å²) in [6, 6.07) is 14.0. The van der Waals surface area contributed by atoms with Gasteiger partial charge in [0.2, 0.25) is 0 Å². The molecule has 0 aliphatic carbocycles. The fourth-order valence-electron chi connectivity index (χ4n) is 4.35. The van der Waals surface area contributed by atoms with Crippen molar-refractivity contribution >= 4 is 23.2 Å². The van der Waals surface area contributed by atoms with Gasteiger partial charge in [-0.05, 0) is 29.9 Å². The van der Waals surface area contributed by atoms with Crippen molar-refractivity contribution < 1.29 is 9.53 Å². The first-order valence-electron chi connectivity index (χ1n) is 10.7. The molecule has 2 N–H and O–H groups in total. The van der Waals surface area contributed by atoms with Crippen LogP contribution in [-0.2, 0) is 6.54 Å². The summed E-state index contributed by atoms with van der Waals surface area (Å²) in [5.41, 5.74) is 2.54. The Morgan fingerprint density at radius 3 is 2.60 bits per heavy atom. The summed E-state index contributed by atoms with van der Waals surface area (Å²) in [7, 11) is 3.35. The molecule has 5 nitrogen and oxygen atoms in total. The van der Waals surface area contributed by atoms with Crippen molar-refractivity contribution in [2.75, 3.05) is 39.1 Å². The molecule has 1 saturated heterocycles. The molecule has 2 aromatic rings. The molecule has 3 rings (SSSR count). The van der Waals surface area contributed by atoms with Gasteiger partial charge in [0.25, 0.3) is 5.91 Å². The third-order valence-corrected chi connectivity index (χ3v) is 6.20. The maximum absolute atomic E-state index is 12.9. The number of hydrogen-bond acceptors (Lipinski definition) is 4. The standard InChI is InChI=1S/C24H32ClN3O2/c1-4-8-18-15-28(14-17-9-6-5-7-10-17)16-19(18)13-27-24(29)20-11-21(25)22(26-2)12-23(20)30-3/h5-7,9-12,18-19,26H,4,8,13-16H2,1-3H3,(H,27,29)/t18-,19+/m0/s1. The molecule has 1 fully saturated rings. The number of carbonyl (C=O) groups is 1. The number of rotatable bonds is 9. The van der Waals surface area contributed by atoms with E-state index in [2.05, 4.69) is 52.8 Å². The molecule has 6 heteroatoms. The summed E-state index contributed by atoms with van der Waals surface area (Å²) in [5, 5.41) is 6.64. The fraction of sp³-hybridized carbons (Fsp3) is 0.458. The van der Waals surface area contributed by atoms with Crippen LogP contribution in [0.4, 0.5) is 5.69 Å². The first kappa shape index (κ1) is 22.4. The molecule has 0 aromatic heterocycles. The number of likely N-dealkylation sites (tertiary alicyclic amines) is 1. The number of anilines is 1. The maximum Gasteiger partial charge on any atom is 0.255 e. The molecule has 0 bridgehead atoms. The van der Waals surface area contributed by atoms with Crippen molar-refractivity contribution in [2.24, 2.45) is 11.8 Å². The maximum atomic E-state index is 12.9. The van der Waals surface area contributed by atoms with E-state index in [-0.39, 0.29) is 5.91 Å². The summed E-state index contributed by atoms with van der Waals surface area (Å²) in [5.74, 6) is 1.41. The number of carbonyl (C=O) groups excluding carboxylic acids is 1. The summed E-state index contributed by atoms with van der Waals surface area (Å²) in [6.45, 7) is 5.92. The molecule has 2 atom stereocenters. The molecule has 30 heavy (non-hydrogen) atoms. The van der Waals surface area contributed by atoms with E-state index in [0.717, 1.165) is 31.7 Å². The molecule has 1 heterocycles. The zero-order chi connectivity index (χ0) is 21.5. The predicted octanol–water partition coefficient (Wildman–Crippen LogP) is 4.67. The lowest BCUT2D eigenvalue weighted by Gasteiger charge is -2.19. The summed E-state index contributed by atoms with van der Waals surface area (Å²) in [6.07, 6.45) is 2.33. The van der Waals surface area contributed by atoms with Crippen LogP contribution in [0.1, 0.15) is 35.7 Å². The summed E-state index contributed by atoms with van der Waals surface area (Å²) >= 11 is 6.29. The van der Waals surface area contributed by atoms with Gasteiger partial charge in [-0.3, -0.25) is 9.69 Å². The molecule has 0 spiro atoms. The Kier molecular flexibility index (Phi) is 8.00. The van der Waals surface area contributed by atoms with E-state index in [1.54, 1.807) is 26.3 Å². The molecule has 162 valence electrons. The monoisotopic (exact) mass is 429 g/mol. The highest BCUT2D eigenvalue weighted by Gasteiger charge is 2.32. The first-order chi connectivity index (χ1) is 14.5. The van der Waals surface area contributed by atoms with E-state index in [1.165, 1.54) is 12.0 Å². The number of nitrogens with one attached hydrogen (secondary N) is 2. The Morgan fingerprint density at radius 2 is 1.93 bits per heavy atom. The van der Waals surface area contributed by atoms with Crippen LogP contribution < -0.4 is 15.4 Å². The van der Waals surface area contributed by atoms with E-state index < -0.39 is 0 Å². The van der Waals surface area contributed by atoms with Crippen LogP contribution in [0.3, 0.4) is 0 Å². The van der Waals surface area contributed by atoms with Gasteiger partial charge in [-0.25, -0.2) is 0 Å². The van der Waals surface area contributed by atoms with Crippen molar-refractivity contribution in [2.45, 2.75) is 26.3 Å². The Hall–Kier alpha value is -2.24. The molecule has 0 radical (unpaired) electrons. The normalized spacial score (nSPS) is 18.9. The average Bonchev–Trinajstić information content (AvgIpc) is 3.13. The van der Waals surface area contributed by atoms with Gasteiger partial charge in [0.05, 0.1) is 23.4 Å². The number of hydrogen-bond donors (Lipinski definition) is 2. The van der Waals surface area contributed by atoms with Crippen molar-refractivity contribution in [3.05, 3.63) is 58.6 Å². The third-order valence-electron chi connectivity index (χ3n) is 5.89. The van der Waals surface area contributed by atoms with Crippen molar-refractivity contribution in [1.29, 1.82) is 0 Å². The smallest absolute Gasteiger partial charge is 0.255 e. The van der Waals surface area contributed by atoms with Gasteiger partial charge in [0.15, 0.2) is 0 Å². The molecule has 0 unspecified atom stereocenters. The SMILES string of the molecule is CCC[C@H]1CN(Cc2ccccc2)C[C@H]1CNC(=O)c1cc(Cl)c(NC)cc1OC. The van der Waals surface area contributed by atoms with Gasteiger partial charge >= 0.3 is 0 Å². The Balaban J connectivity index is 1.64. The third kappa shape index (κ3) is 5.46. The number of benzene rings is 2. The number of methoxy groups -OCH3 is 1. The van der Waals surface area contributed by atoms with Crippen LogP contribution in [-0.4, -0.2) is 44.6 Å². The predicted molar refractivity (Wildman–Crippen MR) is 123 cm³/mol. The quantitative estimate of drug-likeness (QED) is 0.608. The highest BCUT2D eigenvalue weighted by Crippen LogP contribution is 2.31. The van der Waals surface area contributed by atoms with Crippen LogP contribution >= 0.6 is 11.6 Å². The zero-order valence-corrected chi connectivity index (χ0v) is 18.8. The van der Waals surface area contributed by atoms with Gasteiger partial charge in [-0.2, -0.15) is 0 Å². The van der Waals surface area contributed by atoms with Crippen molar-refractivity contribution in [3.8, 4) is 5.75 Å². The topological polar surface area (TPSA) is 53.6 Å². The van der Waals surface area contributed by atoms with Crippen molar-refractivity contribution in [3.63, 3.8) is 0 Å². The number of halogens is 1. The molecule has 1 aliphatic heterocycles. The van der Waals surface area contributed by atoms with E-state index in [9.17, 15) is 4.79 Å². The molecular formula is C24H32ClN3O2. The lowest BCUT2D eigenvalue weighted by Crippen LogP contribution is -2.33. The van der Waals surface area contributed by atoms with Gasteiger partial charge in [0, 0.05) is 39.3 Å². The highest BCUT2D eigenvalue weighted by molar-refractivity contribution is 6.33. The van der Waals surface area contributed by atoms with E-state index in [1.807, 2.05) is 0 Å². The first-order valence-corrected chi connectivity index (χ1v) is 11.0. The van der Waals surface area contributed by atoms with Gasteiger partial charge in [-0.15, -0.1) is 0 Å². The number of amides is 1. The fourth-order valence-corrected chi connectivity index (χ4v) is 4.60. The van der Waals surface area contributed by atoms with Gasteiger partial charge < -0.3 is 15.4 Å². The molecule has 1 amide bonds. The van der Waals surface area contributed by atoms with Crippen molar-refractivity contribution in [1.82, 2.24) is 10.2 Å². The number of nitrogens with zero attached hydrogens (tertiary/aromatic N) is 1. The number of ether oxygens (including phenoxy) is 1. The molecular weight excluding hydrogens is 398 g/mol. The molecule has 2 aromatic carbocycles. The second-order valence-electron chi connectivity index (χ2n) is 7.98. The Morgan fingerprint density at radius 1 is 1.20 bits per heavy atom. The molecule has 0 saturated carbocycles. The lowest BCUT2D eigenvalue weighted by molar-refractivity contribution is 0.0941. The molecule has 1 aliphatic rings. The Bertz CT molecular complexity index is 844. The second-order valence-corrected chi connectivity index (χ2v) is 8.39. The lowest BCUT2D eigenvalue weighted by atomic mass is 9.92. The van der Waals surface area contributed by atoms with Gasteiger partial charge in [0.1, 0.15) is 5.75 Å². The second kappa shape index (κ2) is 10.7. The minimum atomic E-state index is -0.145. The van der Waals surface area contributed by atoms with Crippen LogP contribution in [0.25, 0.3) is 0 Å². The van der Waals surface area contributed by atoms with Crippen LogP contribution in [0.2, 0.25) is 5.02 Å². The van der Waals surface area contributed by atoms with Crippen LogP contribution in [0, 0.1) is 11.8 Å². The Labute approximate surface area is 184 Å². The highest BCUT2D eigenvalue weighted by atomic mass is 35.5. The summed E-state index contributed by atoms with van der Waals surface area (Å²) in [4.78, 5) is 15.4. The van der Waals surface area contributed by atoms with Crippen LogP contribution in [0.15, 0.2) is 42.5 Å². The summed E-state index contributed by atoms with van der Waals surface area (Å²) < 4.78 is 5.41. The largest absolute Gasteiger partial charge is 0.496 e. The van der Waals surface area contributed by atoms with E-state index in [4.69, 9.17) is 16.3 Å². The average molecular weight is 430 g/mol.